The fourth-order valence-corrected chi connectivity index (χ4v) is 10.4. The number of thiophene rings is 2. The summed E-state index contributed by atoms with van der Waals surface area (Å²) in [5.74, 6) is 0. The molecule has 3 heteroatoms. The molecule has 0 bridgehead atoms. The van der Waals surface area contributed by atoms with E-state index in [-0.39, 0.29) is 0 Å². The van der Waals surface area contributed by atoms with E-state index in [0.29, 0.717) is 0 Å². The van der Waals surface area contributed by atoms with E-state index >= 15 is 0 Å². The van der Waals surface area contributed by atoms with Crippen molar-refractivity contribution in [2.75, 3.05) is 0 Å². The van der Waals surface area contributed by atoms with Crippen molar-refractivity contribution in [1.29, 1.82) is 0 Å². The molecule has 0 saturated heterocycles. The van der Waals surface area contributed by atoms with Crippen LogP contribution in [-0.2, 0) is 0 Å². The van der Waals surface area contributed by atoms with Crippen molar-refractivity contribution in [1.82, 2.24) is 4.57 Å². The Balaban J connectivity index is 1.20. The zero-order chi connectivity index (χ0) is 33.5. The van der Waals surface area contributed by atoms with Gasteiger partial charge in [-0.25, -0.2) is 0 Å². The van der Waals surface area contributed by atoms with Gasteiger partial charge in [0, 0.05) is 52.0 Å². The second-order valence-electron chi connectivity index (χ2n) is 13.3. The molecular formula is C48H29NS2. The van der Waals surface area contributed by atoms with Crippen molar-refractivity contribution >= 4 is 84.8 Å². The van der Waals surface area contributed by atoms with Crippen molar-refractivity contribution in [2.45, 2.75) is 0 Å². The summed E-state index contributed by atoms with van der Waals surface area (Å²) in [6.07, 6.45) is 0. The lowest BCUT2D eigenvalue weighted by atomic mass is 9.95. The molecule has 11 rings (SSSR count). The number of para-hydroxylation sites is 1. The Morgan fingerprint density at radius 3 is 1.82 bits per heavy atom. The van der Waals surface area contributed by atoms with E-state index in [1.54, 1.807) is 0 Å². The molecule has 8 aromatic carbocycles. The van der Waals surface area contributed by atoms with Gasteiger partial charge in [0.15, 0.2) is 0 Å². The lowest BCUT2D eigenvalue weighted by Crippen LogP contribution is -1.94. The molecule has 0 saturated carbocycles. The Labute approximate surface area is 302 Å². The van der Waals surface area contributed by atoms with Crippen LogP contribution >= 0.6 is 22.7 Å². The largest absolute Gasteiger partial charge is 0.308 e. The van der Waals surface area contributed by atoms with Gasteiger partial charge in [0.2, 0.25) is 0 Å². The van der Waals surface area contributed by atoms with E-state index in [1.807, 2.05) is 22.7 Å². The van der Waals surface area contributed by atoms with Gasteiger partial charge in [-0.3, -0.25) is 0 Å². The number of hydrogen-bond acceptors (Lipinski definition) is 2. The van der Waals surface area contributed by atoms with Gasteiger partial charge in [0.05, 0.1) is 21.4 Å². The van der Waals surface area contributed by atoms with Gasteiger partial charge in [0.25, 0.3) is 0 Å². The Morgan fingerprint density at radius 1 is 0.314 bits per heavy atom. The predicted octanol–water partition coefficient (Wildman–Crippen LogP) is 14.5. The van der Waals surface area contributed by atoms with E-state index in [1.165, 1.54) is 101 Å². The molecule has 0 aliphatic carbocycles. The molecular weight excluding hydrogens is 655 g/mol. The van der Waals surface area contributed by atoms with Crippen LogP contribution in [0.25, 0.3) is 101 Å². The van der Waals surface area contributed by atoms with Crippen LogP contribution in [0.4, 0.5) is 0 Å². The Kier molecular flexibility index (Phi) is 6.36. The second kappa shape index (κ2) is 11.3. The Bertz CT molecular complexity index is 3130. The number of rotatable bonds is 4. The maximum atomic E-state index is 2.49. The fourth-order valence-electron chi connectivity index (χ4n) is 8.01. The average Bonchev–Trinajstić information content (AvgIpc) is 3.87. The maximum absolute atomic E-state index is 2.49. The third-order valence-electron chi connectivity index (χ3n) is 10.4. The molecule has 0 amide bonds. The summed E-state index contributed by atoms with van der Waals surface area (Å²) in [5.41, 5.74) is 11.1. The lowest BCUT2D eigenvalue weighted by Gasteiger charge is -2.10. The summed E-state index contributed by atoms with van der Waals surface area (Å²) in [5, 5.41) is 7.79. The molecule has 0 unspecified atom stereocenters. The summed E-state index contributed by atoms with van der Waals surface area (Å²) >= 11 is 3.79. The highest BCUT2D eigenvalue weighted by Crippen LogP contribution is 2.47. The SMILES string of the molecule is c1ccc(-c2ccc3c4ccccc4n(-c4cccc5c4sc4c(-c6ccccc6)cc(-c6ccc7sc8ccccc8c7c6)cc45)c3c2)cc1. The van der Waals surface area contributed by atoms with Crippen LogP contribution in [0.15, 0.2) is 176 Å². The van der Waals surface area contributed by atoms with Gasteiger partial charge < -0.3 is 4.57 Å². The van der Waals surface area contributed by atoms with E-state index < -0.39 is 0 Å². The normalized spacial score (nSPS) is 11.9. The Morgan fingerprint density at radius 2 is 0.961 bits per heavy atom. The van der Waals surface area contributed by atoms with Crippen LogP contribution in [0.3, 0.4) is 0 Å². The predicted molar refractivity (Wildman–Crippen MR) is 223 cm³/mol. The first-order chi connectivity index (χ1) is 25.3. The van der Waals surface area contributed by atoms with Crippen LogP contribution in [0, 0.1) is 0 Å². The monoisotopic (exact) mass is 683 g/mol. The van der Waals surface area contributed by atoms with Crippen molar-refractivity contribution in [3.8, 4) is 39.1 Å². The molecule has 3 aromatic heterocycles. The van der Waals surface area contributed by atoms with Crippen molar-refractivity contribution in [3.63, 3.8) is 0 Å². The van der Waals surface area contributed by atoms with E-state index in [0.717, 1.165) is 0 Å². The molecule has 11 aromatic rings. The lowest BCUT2D eigenvalue weighted by molar-refractivity contribution is 1.20. The average molecular weight is 684 g/mol. The molecule has 51 heavy (non-hydrogen) atoms. The quantitative estimate of drug-likeness (QED) is 0.174. The minimum Gasteiger partial charge on any atom is -0.308 e. The minimum atomic E-state index is 1.22. The van der Waals surface area contributed by atoms with Crippen molar-refractivity contribution in [3.05, 3.63) is 176 Å². The van der Waals surface area contributed by atoms with Crippen LogP contribution in [0.2, 0.25) is 0 Å². The second-order valence-corrected chi connectivity index (χ2v) is 15.4. The first-order valence-corrected chi connectivity index (χ1v) is 19.0. The van der Waals surface area contributed by atoms with Gasteiger partial charge in [-0.05, 0) is 76.3 Å². The number of nitrogens with zero attached hydrogens (tertiary/aromatic N) is 1. The summed E-state index contributed by atoms with van der Waals surface area (Å²) in [6, 6.07) is 64.8. The fraction of sp³-hybridized carbons (Fsp3) is 0. The molecule has 3 heterocycles. The third kappa shape index (κ3) is 4.45. The van der Waals surface area contributed by atoms with Gasteiger partial charge >= 0.3 is 0 Å². The molecule has 238 valence electrons. The van der Waals surface area contributed by atoms with Crippen LogP contribution in [-0.4, -0.2) is 4.57 Å². The topological polar surface area (TPSA) is 4.93 Å². The first kappa shape index (κ1) is 28.8. The Hall–Kier alpha value is -6.00. The first-order valence-electron chi connectivity index (χ1n) is 17.3. The number of benzene rings is 8. The highest BCUT2D eigenvalue weighted by molar-refractivity contribution is 7.27. The smallest absolute Gasteiger partial charge is 0.0640 e. The van der Waals surface area contributed by atoms with Gasteiger partial charge in [-0.1, -0.05) is 127 Å². The van der Waals surface area contributed by atoms with Gasteiger partial charge in [0.1, 0.15) is 0 Å². The maximum Gasteiger partial charge on any atom is 0.0640 e. The molecule has 0 radical (unpaired) electrons. The van der Waals surface area contributed by atoms with Crippen LogP contribution in [0.1, 0.15) is 0 Å². The minimum absolute atomic E-state index is 1.22. The van der Waals surface area contributed by atoms with Gasteiger partial charge in [-0.15, -0.1) is 22.7 Å². The summed E-state index contributed by atoms with van der Waals surface area (Å²) < 4.78 is 7.78. The van der Waals surface area contributed by atoms with E-state index in [4.69, 9.17) is 0 Å². The summed E-state index contributed by atoms with van der Waals surface area (Å²) in [7, 11) is 0. The molecule has 0 aliphatic heterocycles. The van der Waals surface area contributed by atoms with Crippen molar-refractivity contribution in [2.24, 2.45) is 0 Å². The van der Waals surface area contributed by atoms with E-state index in [9.17, 15) is 0 Å². The molecule has 0 atom stereocenters. The standard InChI is InChI=1S/C48H29NS2/c1-3-12-30(13-4-1)33-22-24-36-35-16-7-9-19-42(35)49(44(36)29-33)43-20-11-18-38-41-28-34(27-39(47(41)51-48(38)43)31-14-5-2-6-15-31)32-23-25-46-40(26-32)37-17-8-10-21-45(37)50-46/h1-29H. The van der Waals surface area contributed by atoms with Crippen molar-refractivity contribution < 1.29 is 0 Å². The number of fused-ring (bicyclic) bond motifs is 9. The van der Waals surface area contributed by atoms with Crippen LogP contribution in [0.5, 0.6) is 0 Å². The van der Waals surface area contributed by atoms with E-state index in [2.05, 4.69) is 180 Å². The zero-order valence-corrected chi connectivity index (χ0v) is 29.1. The summed E-state index contributed by atoms with van der Waals surface area (Å²) in [4.78, 5) is 0. The molecule has 0 aliphatic rings. The van der Waals surface area contributed by atoms with Gasteiger partial charge in [-0.2, -0.15) is 0 Å². The van der Waals surface area contributed by atoms with Crippen LogP contribution < -0.4 is 0 Å². The molecule has 0 fully saturated rings. The molecule has 1 nitrogen and oxygen atoms in total. The highest BCUT2D eigenvalue weighted by Gasteiger charge is 2.20. The number of hydrogen-bond donors (Lipinski definition) is 0. The molecule has 0 spiro atoms. The highest BCUT2D eigenvalue weighted by atomic mass is 32.1. The summed E-state index contributed by atoms with van der Waals surface area (Å²) in [6.45, 7) is 0. The number of aromatic nitrogens is 1. The third-order valence-corrected chi connectivity index (χ3v) is 12.8. The molecule has 0 N–H and O–H groups in total. The zero-order valence-electron chi connectivity index (χ0n) is 27.5.